The Morgan fingerprint density at radius 3 is 2.88 bits per heavy atom. The van der Waals surface area contributed by atoms with E-state index in [1.165, 1.54) is 13.8 Å². The SMILES string of the molecule is CC1Oc2cc(OCC(N)CC(C)(C)F)ccc2-c2ccncc21. The summed E-state index contributed by atoms with van der Waals surface area (Å²) in [7, 11) is 0. The molecule has 2 atom stereocenters. The second-order valence-electron chi connectivity index (χ2n) is 6.87. The largest absolute Gasteiger partial charge is 0.492 e. The van der Waals surface area contributed by atoms with Gasteiger partial charge in [-0.1, -0.05) is 0 Å². The van der Waals surface area contributed by atoms with Gasteiger partial charge in [0.25, 0.3) is 0 Å². The topological polar surface area (TPSA) is 57.4 Å². The first-order valence-electron chi connectivity index (χ1n) is 8.16. The van der Waals surface area contributed by atoms with E-state index in [0.29, 0.717) is 5.75 Å². The third-order valence-corrected chi connectivity index (χ3v) is 4.05. The van der Waals surface area contributed by atoms with Crippen LogP contribution in [0.2, 0.25) is 0 Å². The molecule has 1 aromatic carbocycles. The van der Waals surface area contributed by atoms with Gasteiger partial charge in [-0.25, -0.2) is 4.39 Å². The number of pyridine rings is 1. The van der Waals surface area contributed by atoms with Crippen molar-refractivity contribution in [1.82, 2.24) is 4.98 Å². The molecule has 2 N–H and O–H groups in total. The van der Waals surface area contributed by atoms with Gasteiger partial charge in [-0.2, -0.15) is 0 Å². The number of ether oxygens (including phenoxy) is 2. The Bertz CT molecular complexity index is 728. The van der Waals surface area contributed by atoms with Crippen molar-refractivity contribution in [3.05, 3.63) is 42.2 Å². The van der Waals surface area contributed by atoms with Crippen LogP contribution in [0.1, 0.15) is 38.9 Å². The van der Waals surface area contributed by atoms with E-state index in [4.69, 9.17) is 15.2 Å². The van der Waals surface area contributed by atoms with E-state index in [0.717, 1.165) is 22.4 Å². The van der Waals surface area contributed by atoms with E-state index in [-0.39, 0.29) is 25.2 Å². The fourth-order valence-electron chi connectivity index (χ4n) is 3.03. The second-order valence-corrected chi connectivity index (χ2v) is 6.87. The zero-order valence-corrected chi connectivity index (χ0v) is 14.3. The van der Waals surface area contributed by atoms with Crippen molar-refractivity contribution >= 4 is 0 Å². The lowest BCUT2D eigenvalue weighted by molar-refractivity contribution is 0.165. The second kappa shape index (κ2) is 6.40. The molecule has 2 aromatic rings. The summed E-state index contributed by atoms with van der Waals surface area (Å²) < 4.78 is 25.3. The van der Waals surface area contributed by atoms with Gasteiger partial charge in [0.05, 0.1) is 0 Å². The number of nitrogens with two attached hydrogens (primary N) is 1. The van der Waals surface area contributed by atoms with Crippen LogP contribution in [0.4, 0.5) is 4.39 Å². The molecule has 0 bridgehead atoms. The highest BCUT2D eigenvalue weighted by atomic mass is 19.1. The zero-order valence-electron chi connectivity index (χ0n) is 14.3. The Balaban J connectivity index is 1.75. The van der Waals surface area contributed by atoms with Crippen LogP contribution in [0.5, 0.6) is 11.5 Å². The van der Waals surface area contributed by atoms with E-state index in [1.54, 1.807) is 6.20 Å². The van der Waals surface area contributed by atoms with E-state index in [2.05, 4.69) is 4.98 Å². The van der Waals surface area contributed by atoms with Crippen LogP contribution in [0.3, 0.4) is 0 Å². The average molecular weight is 330 g/mol. The lowest BCUT2D eigenvalue weighted by atomic mass is 9.95. The summed E-state index contributed by atoms with van der Waals surface area (Å²) in [4.78, 5) is 4.17. The fraction of sp³-hybridized carbons (Fsp3) is 0.421. The molecular weight excluding hydrogens is 307 g/mol. The van der Waals surface area contributed by atoms with Crippen LogP contribution < -0.4 is 15.2 Å². The van der Waals surface area contributed by atoms with Gasteiger partial charge in [0.15, 0.2) is 0 Å². The van der Waals surface area contributed by atoms with Crippen molar-refractivity contribution in [2.45, 2.75) is 45.0 Å². The van der Waals surface area contributed by atoms with Crippen molar-refractivity contribution in [2.75, 3.05) is 6.61 Å². The minimum absolute atomic E-state index is 0.0638. The van der Waals surface area contributed by atoms with Crippen LogP contribution in [0, 0.1) is 0 Å². The highest BCUT2D eigenvalue weighted by molar-refractivity contribution is 5.76. The van der Waals surface area contributed by atoms with Crippen LogP contribution >= 0.6 is 0 Å². The normalized spacial score (nSPS) is 17.5. The Kier molecular flexibility index (Phi) is 4.45. The molecule has 1 aliphatic rings. The zero-order chi connectivity index (χ0) is 17.3. The van der Waals surface area contributed by atoms with Crippen LogP contribution in [-0.4, -0.2) is 23.3 Å². The van der Waals surface area contributed by atoms with Crippen molar-refractivity contribution in [3.63, 3.8) is 0 Å². The third kappa shape index (κ3) is 3.67. The van der Waals surface area contributed by atoms with Crippen molar-refractivity contribution in [2.24, 2.45) is 5.73 Å². The number of alkyl halides is 1. The third-order valence-electron chi connectivity index (χ3n) is 4.05. The maximum absolute atomic E-state index is 13.6. The van der Waals surface area contributed by atoms with Gasteiger partial charge in [0.2, 0.25) is 0 Å². The van der Waals surface area contributed by atoms with Crippen molar-refractivity contribution in [3.8, 4) is 22.6 Å². The van der Waals surface area contributed by atoms with Gasteiger partial charge in [0, 0.05) is 35.6 Å². The molecule has 0 saturated carbocycles. The summed E-state index contributed by atoms with van der Waals surface area (Å²) in [6.07, 6.45) is 3.81. The molecule has 5 heteroatoms. The average Bonchev–Trinajstić information content (AvgIpc) is 2.51. The van der Waals surface area contributed by atoms with E-state index in [1.807, 2.05) is 37.4 Å². The molecule has 0 saturated heterocycles. The molecule has 0 aliphatic carbocycles. The van der Waals surface area contributed by atoms with Gasteiger partial charge < -0.3 is 15.2 Å². The van der Waals surface area contributed by atoms with Gasteiger partial charge in [0.1, 0.15) is 29.9 Å². The van der Waals surface area contributed by atoms with Gasteiger partial charge >= 0.3 is 0 Å². The minimum Gasteiger partial charge on any atom is -0.492 e. The smallest absolute Gasteiger partial charge is 0.131 e. The van der Waals surface area contributed by atoms with E-state index >= 15 is 0 Å². The summed E-state index contributed by atoms with van der Waals surface area (Å²) >= 11 is 0. The first-order valence-corrected chi connectivity index (χ1v) is 8.16. The van der Waals surface area contributed by atoms with Gasteiger partial charge in [-0.05, 0) is 51.0 Å². The van der Waals surface area contributed by atoms with Gasteiger partial charge in [-0.15, -0.1) is 0 Å². The van der Waals surface area contributed by atoms with E-state index in [9.17, 15) is 4.39 Å². The number of fused-ring (bicyclic) bond motifs is 3. The molecule has 0 amide bonds. The molecule has 0 fully saturated rings. The number of rotatable bonds is 5. The summed E-state index contributed by atoms with van der Waals surface area (Å²) in [6, 6.07) is 7.36. The summed E-state index contributed by atoms with van der Waals surface area (Å²) in [6.45, 7) is 5.30. The molecule has 0 radical (unpaired) electrons. The number of hydrogen-bond acceptors (Lipinski definition) is 4. The standard InChI is InChI=1S/C19H23FN2O2/c1-12-17-10-22-7-6-15(17)16-5-4-14(8-18(16)24-12)23-11-13(21)9-19(2,3)20/h4-8,10,12-13H,9,11,21H2,1-3H3. The van der Waals surface area contributed by atoms with E-state index < -0.39 is 5.67 Å². The van der Waals surface area contributed by atoms with Crippen LogP contribution in [0.25, 0.3) is 11.1 Å². The van der Waals surface area contributed by atoms with Gasteiger partial charge in [-0.3, -0.25) is 4.98 Å². The summed E-state index contributed by atoms with van der Waals surface area (Å²) in [5.74, 6) is 1.45. The Labute approximate surface area is 141 Å². The maximum atomic E-state index is 13.6. The predicted octanol–water partition coefficient (Wildman–Crippen LogP) is 4.05. The number of benzene rings is 1. The number of hydrogen-bond donors (Lipinski definition) is 1. The molecule has 2 unspecified atom stereocenters. The maximum Gasteiger partial charge on any atom is 0.131 e. The summed E-state index contributed by atoms with van der Waals surface area (Å²) in [5, 5.41) is 0. The first kappa shape index (κ1) is 16.7. The highest BCUT2D eigenvalue weighted by Gasteiger charge is 2.24. The monoisotopic (exact) mass is 330 g/mol. The first-order chi connectivity index (χ1) is 11.3. The van der Waals surface area contributed by atoms with Crippen molar-refractivity contribution in [1.29, 1.82) is 0 Å². The lowest BCUT2D eigenvalue weighted by Gasteiger charge is -2.26. The number of halogens is 1. The fourth-order valence-corrected chi connectivity index (χ4v) is 3.03. The molecule has 3 rings (SSSR count). The molecule has 1 aromatic heterocycles. The highest BCUT2D eigenvalue weighted by Crippen LogP contribution is 2.43. The van der Waals surface area contributed by atoms with Crippen LogP contribution in [-0.2, 0) is 0 Å². The molecule has 0 spiro atoms. The Morgan fingerprint density at radius 2 is 2.12 bits per heavy atom. The lowest BCUT2D eigenvalue weighted by Crippen LogP contribution is -2.34. The predicted molar refractivity (Wildman–Crippen MR) is 92.0 cm³/mol. The minimum atomic E-state index is -1.30. The molecule has 128 valence electrons. The molecule has 2 heterocycles. The van der Waals surface area contributed by atoms with Crippen molar-refractivity contribution < 1.29 is 13.9 Å². The van der Waals surface area contributed by atoms with Crippen LogP contribution in [0.15, 0.2) is 36.7 Å². The Hall–Kier alpha value is -2.14. The number of nitrogens with zero attached hydrogens (tertiary/aromatic N) is 1. The molecule has 4 nitrogen and oxygen atoms in total. The number of aromatic nitrogens is 1. The Morgan fingerprint density at radius 1 is 1.33 bits per heavy atom. The molecule has 24 heavy (non-hydrogen) atoms. The molecular formula is C19H23FN2O2. The quantitative estimate of drug-likeness (QED) is 0.898. The summed E-state index contributed by atoms with van der Waals surface area (Å²) in [5.41, 5.74) is 7.85. The molecule has 1 aliphatic heterocycles.